The standard InChI is InChI=1S/C25H27FN6O/c1-25(2,3)22-14-23(32(30-22)21-12-8-19(26)9-13-21)29-24(33)28-20-10-6-17(7-11-20)18(15-27)16-31(4)5/h6-14,16H,1-5H3,(H2,28,29,33)/b18-16+. The molecule has 33 heavy (non-hydrogen) atoms. The molecule has 0 spiro atoms. The fraction of sp³-hybridized carbons (Fsp3) is 0.240. The second kappa shape index (κ2) is 9.57. The van der Waals surface area contributed by atoms with E-state index in [9.17, 15) is 14.4 Å². The van der Waals surface area contributed by atoms with E-state index in [0.717, 1.165) is 11.3 Å². The zero-order valence-electron chi connectivity index (χ0n) is 19.3. The van der Waals surface area contributed by atoms with Crippen molar-refractivity contribution >= 4 is 23.1 Å². The summed E-state index contributed by atoms with van der Waals surface area (Å²) in [6.07, 6.45) is 1.73. The number of urea groups is 1. The van der Waals surface area contributed by atoms with Gasteiger partial charge in [-0.1, -0.05) is 32.9 Å². The third-order valence-electron chi connectivity index (χ3n) is 4.75. The largest absolute Gasteiger partial charge is 0.382 e. The molecule has 2 amide bonds. The average Bonchev–Trinajstić information content (AvgIpc) is 3.17. The van der Waals surface area contributed by atoms with Gasteiger partial charge in [-0.2, -0.15) is 10.4 Å². The Balaban J connectivity index is 1.81. The van der Waals surface area contributed by atoms with Gasteiger partial charge in [-0.25, -0.2) is 13.9 Å². The Hall–Kier alpha value is -4.12. The molecule has 1 aromatic heterocycles. The number of hydrogen-bond donors (Lipinski definition) is 2. The number of carbonyl (C=O) groups is 1. The van der Waals surface area contributed by atoms with Crippen molar-refractivity contribution in [3.05, 3.63) is 77.9 Å². The van der Waals surface area contributed by atoms with Crippen molar-refractivity contribution in [1.82, 2.24) is 14.7 Å². The molecular formula is C25H27FN6O. The number of anilines is 2. The lowest BCUT2D eigenvalue weighted by atomic mass is 9.92. The van der Waals surface area contributed by atoms with Gasteiger partial charge in [-0.15, -0.1) is 0 Å². The highest BCUT2D eigenvalue weighted by Gasteiger charge is 2.21. The lowest BCUT2D eigenvalue weighted by Crippen LogP contribution is -2.21. The van der Waals surface area contributed by atoms with Gasteiger partial charge in [0, 0.05) is 37.5 Å². The number of nitrogens with one attached hydrogen (secondary N) is 2. The first-order chi connectivity index (χ1) is 15.6. The van der Waals surface area contributed by atoms with Gasteiger partial charge in [-0.05, 0) is 42.0 Å². The molecular weight excluding hydrogens is 419 g/mol. The SMILES string of the molecule is CN(C)/C=C(\C#N)c1ccc(NC(=O)Nc2cc(C(C)(C)C)nn2-c2ccc(F)cc2)cc1. The van der Waals surface area contributed by atoms with Crippen LogP contribution in [-0.2, 0) is 5.41 Å². The molecule has 8 heteroatoms. The van der Waals surface area contributed by atoms with Crippen molar-refractivity contribution in [2.45, 2.75) is 26.2 Å². The Morgan fingerprint density at radius 1 is 1.09 bits per heavy atom. The lowest BCUT2D eigenvalue weighted by Gasteiger charge is -2.14. The fourth-order valence-electron chi connectivity index (χ4n) is 3.05. The first-order valence-corrected chi connectivity index (χ1v) is 10.4. The van der Waals surface area contributed by atoms with Crippen LogP contribution in [0.25, 0.3) is 11.3 Å². The Labute approximate surface area is 193 Å². The summed E-state index contributed by atoms with van der Waals surface area (Å²) in [5.41, 5.74) is 3.01. The number of benzene rings is 2. The topological polar surface area (TPSA) is 86.0 Å². The van der Waals surface area contributed by atoms with E-state index in [4.69, 9.17) is 0 Å². The summed E-state index contributed by atoms with van der Waals surface area (Å²) in [6.45, 7) is 6.07. The van der Waals surface area contributed by atoms with Gasteiger partial charge in [0.2, 0.25) is 0 Å². The van der Waals surface area contributed by atoms with Crippen LogP contribution in [-0.4, -0.2) is 34.8 Å². The quantitative estimate of drug-likeness (QED) is 0.515. The average molecular weight is 447 g/mol. The molecule has 0 aliphatic heterocycles. The van der Waals surface area contributed by atoms with E-state index in [0.29, 0.717) is 22.8 Å². The van der Waals surface area contributed by atoms with Crippen molar-refractivity contribution in [3.63, 3.8) is 0 Å². The molecule has 2 N–H and O–H groups in total. The number of nitrogens with zero attached hydrogens (tertiary/aromatic N) is 4. The third-order valence-corrected chi connectivity index (χ3v) is 4.75. The normalized spacial score (nSPS) is 11.6. The summed E-state index contributed by atoms with van der Waals surface area (Å²) in [4.78, 5) is 14.5. The van der Waals surface area contributed by atoms with Crippen LogP contribution in [0.5, 0.6) is 0 Å². The molecule has 0 aliphatic carbocycles. The van der Waals surface area contributed by atoms with Crippen molar-refractivity contribution in [2.24, 2.45) is 0 Å². The zero-order chi connectivity index (χ0) is 24.2. The second-order valence-electron chi connectivity index (χ2n) is 8.83. The van der Waals surface area contributed by atoms with Crippen LogP contribution < -0.4 is 10.6 Å². The van der Waals surface area contributed by atoms with Crippen LogP contribution in [0.15, 0.2) is 60.8 Å². The number of allylic oxidation sites excluding steroid dienone is 1. The van der Waals surface area contributed by atoms with E-state index in [1.54, 1.807) is 58.2 Å². The Morgan fingerprint density at radius 2 is 1.73 bits per heavy atom. The van der Waals surface area contributed by atoms with Crippen LogP contribution >= 0.6 is 0 Å². The number of aromatic nitrogens is 2. The van der Waals surface area contributed by atoms with Crippen LogP contribution in [0.4, 0.5) is 20.7 Å². The first-order valence-electron chi connectivity index (χ1n) is 10.4. The smallest absolute Gasteiger partial charge is 0.324 e. The van der Waals surface area contributed by atoms with Gasteiger partial charge in [0.05, 0.1) is 17.0 Å². The second-order valence-corrected chi connectivity index (χ2v) is 8.83. The number of carbonyl (C=O) groups excluding carboxylic acids is 1. The molecule has 0 bridgehead atoms. The molecule has 3 rings (SSSR count). The van der Waals surface area contributed by atoms with Gasteiger partial charge in [-0.3, -0.25) is 5.32 Å². The van der Waals surface area contributed by atoms with Gasteiger partial charge < -0.3 is 10.2 Å². The van der Waals surface area contributed by atoms with E-state index in [-0.39, 0.29) is 11.2 Å². The summed E-state index contributed by atoms with van der Waals surface area (Å²) in [6, 6.07) is 16.4. The van der Waals surface area contributed by atoms with E-state index in [1.165, 1.54) is 12.1 Å². The molecule has 3 aromatic rings. The summed E-state index contributed by atoms with van der Waals surface area (Å²) in [5, 5.41) is 19.6. The molecule has 0 unspecified atom stereocenters. The Kier molecular flexibility index (Phi) is 6.83. The monoisotopic (exact) mass is 446 g/mol. The van der Waals surface area contributed by atoms with Crippen molar-refractivity contribution in [3.8, 4) is 11.8 Å². The van der Waals surface area contributed by atoms with Crippen molar-refractivity contribution in [2.75, 3.05) is 24.7 Å². The number of rotatable bonds is 5. The number of hydrogen-bond acceptors (Lipinski definition) is 4. The molecule has 170 valence electrons. The summed E-state index contributed by atoms with van der Waals surface area (Å²) < 4.78 is 15.0. The Morgan fingerprint density at radius 3 is 2.27 bits per heavy atom. The van der Waals surface area contributed by atoms with Gasteiger partial charge >= 0.3 is 6.03 Å². The van der Waals surface area contributed by atoms with Crippen molar-refractivity contribution in [1.29, 1.82) is 5.26 Å². The number of nitriles is 1. The molecule has 0 saturated carbocycles. The minimum absolute atomic E-state index is 0.244. The maximum atomic E-state index is 13.4. The summed E-state index contributed by atoms with van der Waals surface area (Å²) in [5.74, 6) is 0.110. The minimum atomic E-state index is -0.448. The Bertz CT molecular complexity index is 1200. The van der Waals surface area contributed by atoms with E-state index in [1.807, 2.05) is 34.9 Å². The van der Waals surface area contributed by atoms with Crippen LogP contribution in [0.1, 0.15) is 32.0 Å². The maximum absolute atomic E-state index is 13.4. The fourth-order valence-corrected chi connectivity index (χ4v) is 3.05. The molecule has 1 heterocycles. The molecule has 0 saturated heterocycles. The third kappa shape index (κ3) is 5.98. The predicted octanol–water partition coefficient (Wildman–Crippen LogP) is 5.38. The highest BCUT2D eigenvalue weighted by Crippen LogP contribution is 2.26. The van der Waals surface area contributed by atoms with Crippen molar-refractivity contribution < 1.29 is 9.18 Å². The zero-order valence-corrected chi connectivity index (χ0v) is 19.3. The minimum Gasteiger partial charge on any atom is -0.382 e. The van der Waals surface area contributed by atoms with Crippen LogP contribution in [0.2, 0.25) is 0 Å². The number of halogens is 1. The molecule has 7 nitrogen and oxygen atoms in total. The highest BCUT2D eigenvalue weighted by molar-refractivity contribution is 5.99. The maximum Gasteiger partial charge on any atom is 0.324 e. The first kappa shape index (κ1) is 23.5. The predicted molar refractivity (Wildman–Crippen MR) is 129 cm³/mol. The summed E-state index contributed by atoms with van der Waals surface area (Å²) >= 11 is 0. The van der Waals surface area contributed by atoms with E-state index < -0.39 is 6.03 Å². The van der Waals surface area contributed by atoms with Crippen LogP contribution in [0, 0.1) is 17.1 Å². The molecule has 0 atom stereocenters. The molecule has 2 aromatic carbocycles. The summed E-state index contributed by atoms with van der Waals surface area (Å²) in [7, 11) is 3.69. The van der Waals surface area contributed by atoms with Crippen LogP contribution in [0.3, 0.4) is 0 Å². The highest BCUT2D eigenvalue weighted by atomic mass is 19.1. The van der Waals surface area contributed by atoms with Gasteiger partial charge in [0.15, 0.2) is 0 Å². The number of amides is 2. The van der Waals surface area contributed by atoms with Gasteiger partial charge in [0.1, 0.15) is 17.7 Å². The van der Waals surface area contributed by atoms with E-state index >= 15 is 0 Å². The lowest BCUT2D eigenvalue weighted by molar-refractivity contribution is 0.262. The molecule has 0 radical (unpaired) electrons. The van der Waals surface area contributed by atoms with Gasteiger partial charge in [0.25, 0.3) is 0 Å². The van der Waals surface area contributed by atoms with E-state index in [2.05, 4.69) is 21.8 Å². The molecule has 0 fully saturated rings. The molecule has 0 aliphatic rings.